The monoisotopic (exact) mass is 245 g/mol. The molecule has 0 saturated carbocycles. The lowest BCUT2D eigenvalue weighted by Crippen LogP contribution is -2.25. The van der Waals surface area contributed by atoms with Crippen LogP contribution in [0.25, 0.3) is 0 Å². The average Bonchev–Trinajstić information content (AvgIpc) is 2.26. The molecule has 1 N–H and O–H groups in total. The minimum atomic E-state index is -4.25. The lowest BCUT2D eigenvalue weighted by atomic mass is 10.0. The second kappa shape index (κ2) is 6.05. The Balaban J connectivity index is 2.60. The van der Waals surface area contributed by atoms with E-state index in [0.29, 0.717) is 12.5 Å². The summed E-state index contributed by atoms with van der Waals surface area (Å²) in [5, 5.41) is 3.24. The highest BCUT2D eigenvalue weighted by Gasteiger charge is 2.30. The Morgan fingerprint density at radius 3 is 2.59 bits per heavy atom. The minimum absolute atomic E-state index is 0.328. The number of benzene rings is 1. The maximum Gasteiger partial charge on any atom is 0.416 e. The molecule has 0 heterocycles. The van der Waals surface area contributed by atoms with Crippen molar-refractivity contribution in [1.29, 1.82) is 0 Å². The normalized spacial score (nSPS) is 13.7. The van der Waals surface area contributed by atoms with Crippen LogP contribution in [0.15, 0.2) is 24.3 Å². The lowest BCUT2D eigenvalue weighted by Gasteiger charge is -2.13. The van der Waals surface area contributed by atoms with Crippen molar-refractivity contribution in [1.82, 2.24) is 5.32 Å². The van der Waals surface area contributed by atoms with Crippen LogP contribution in [0.1, 0.15) is 31.4 Å². The first kappa shape index (κ1) is 14.0. The second-order valence-electron chi connectivity index (χ2n) is 4.20. The lowest BCUT2D eigenvalue weighted by molar-refractivity contribution is -0.137. The topological polar surface area (TPSA) is 12.0 Å². The van der Waals surface area contributed by atoms with Gasteiger partial charge in [0.1, 0.15) is 0 Å². The third-order valence-electron chi connectivity index (χ3n) is 2.67. The van der Waals surface area contributed by atoms with E-state index in [0.717, 1.165) is 24.6 Å². The Morgan fingerprint density at radius 2 is 2.00 bits per heavy atom. The molecule has 0 fully saturated rings. The van der Waals surface area contributed by atoms with Gasteiger partial charge in [0.05, 0.1) is 5.56 Å². The fraction of sp³-hybridized carbons (Fsp3) is 0.538. The number of halogens is 3. The third-order valence-corrected chi connectivity index (χ3v) is 2.67. The molecule has 1 unspecified atom stereocenters. The molecule has 17 heavy (non-hydrogen) atoms. The zero-order chi connectivity index (χ0) is 12.9. The molecule has 1 aromatic carbocycles. The fourth-order valence-corrected chi connectivity index (χ4v) is 1.74. The molecule has 0 aromatic heterocycles. The Labute approximate surface area is 100 Å². The number of aryl methyl sites for hydroxylation is 1. The van der Waals surface area contributed by atoms with E-state index in [1.807, 2.05) is 13.8 Å². The SMILES string of the molecule is CCNC(C)CCc1cccc(C(F)(F)F)c1. The number of alkyl halides is 3. The average molecular weight is 245 g/mol. The largest absolute Gasteiger partial charge is 0.416 e. The van der Waals surface area contributed by atoms with E-state index < -0.39 is 11.7 Å². The molecule has 1 atom stereocenters. The van der Waals surface area contributed by atoms with Gasteiger partial charge in [-0.05, 0) is 37.9 Å². The predicted molar refractivity (Wildman–Crippen MR) is 62.9 cm³/mol. The molecule has 0 aliphatic carbocycles. The van der Waals surface area contributed by atoms with Gasteiger partial charge in [-0.25, -0.2) is 0 Å². The zero-order valence-electron chi connectivity index (χ0n) is 10.1. The van der Waals surface area contributed by atoms with Gasteiger partial charge in [0.2, 0.25) is 0 Å². The van der Waals surface area contributed by atoms with Crippen LogP contribution >= 0.6 is 0 Å². The summed E-state index contributed by atoms with van der Waals surface area (Å²) >= 11 is 0. The number of rotatable bonds is 5. The number of hydrogen-bond acceptors (Lipinski definition) is 1. The van der Waals surface area contributed by atoms with Crippen molar-refractivity contribution in [2.24, 2.45) is 0 Å². The van der Waals surface area contributed by atoms with Crippen molar-refractivity contribution < 1.29 is 13.2 Å². The maximum atomic E-state index is 12.5. The first-order chi connectivity index (χ1) is 7.93. The highest BCUT2D eigenvalue weighted by Crippen LogP contribution is 2.29. The number of nitrogens with one attached hydrogen (secondary N) is 1. The van der Waals surface area contributed by atoms with Crippen molar-refractivity contribution in [2.75, 3.05) is 6.54 Å². The van der Waals surface area contributed by atoms with E-state index in [1.54, 1.807) is 6.07 Å². The summed E-state index contributed by atoms with van der Waals surface area (Å²) in [6.07, 6.45) is -2.74. The molecular weight excluding hydrogens is 227 g/mol. The molecular formula is C13H18F3N. The molecule has 4 heteroatoms. The van der Waals surface area contributed by atoms with Crippen molar-refractivity contribution in [3.8, 4) is 0 Å². The summed E-state index contributed by atoms with van der Waals surface area (Å²) < 4.78 is 37.4. The molecule has 1 nitrogen and oxygen atoms in total. The van der Waals surface area contributed by atoms with Crippen molar-refractivity contribution in [3.63, 3.8) is 0 Å². The summed E-state index contributed by atoms with van der Waals surface area (Å²) in [6.45, 7) is 4.93. The van der Waals surface area contributed by atoms with Crippen molar-refractivity contribution in [3.05, 3.63) is 35.4 Å². The van der Waals surface area contributed by atoms with Crippen LogP contribution in [0.4, 0.5) is 13.2 Å². The molecule has 96 valence electrons. The minimum Gasteiger partial charge on any atom is -0.315 e. The van der Waals surface area contributed by atoms with Crippen LogP contribution in [0.2, 0.25) is 0 Å². The predicted octanol–water partition coefficient (Wildman–Crippen LogP) is 3.64. The molecule has 0 bridgehead atoms. The smallest absolute Gasteiger partial charge is 0.315 e. The van der Waals surface area contributed by atoms with E-state index in [4.69, 9.17) is 0 Å². The Kier molecular flexibility index (Phi) is 5.00. The van der Waals surface area contributed by atoms with E-state index in [9.17, 15) is 13.2 Å². The molecule has 1 aromatic rings. The molecule has 0 amide bonds. The van der Waals surface area contributed by atoms with E-state index in [2.05, 4.69) is 5.32 Å². The van der Waals surface area contributed by atoms with E-state index in [1.165, 1.54) is 12.1 Å². The summed E-state index contributed by atoms with van der Waals surface area (Å²) in [7, 11) is 0. The Hall–Kier alpha value is -1.03. The second-order valence-corrected chi connectivity index (χ2v) is 4.20. The summed E-state index contributed by atoms with van der Waals surface area (Å²) in [5.74, 6) is 0. The van der Waals surface area contributed by atoms with Gasteiger partial charge in [0, 0.05) is 6.04 Å². The summed E-state index contributed by atoms with van der Waals surface area (Å²) in [5.41, 5.74) is 0.177. The first-order valence-corrected chi connectivity index (χ1v) is 5.83. The van der Waals surface area contributed by atoms with Gasteiger partial charge in [-0.1, -0.05) is 25.1 Å². The van der Waals surface area contributed by atoms with Crippen molar-refractivity contribution >= 4 is 0 Å². The Bertz CT molecular complexity index is 347. The molecule has 0 radical (unpaired) electrons. The summed E-state index contributed by atoms with van der Waals surface area (Å²) in [6, 6.07) is 5.88. The van der Waals surface area contributed by atoms with Gasteiger partial charge in [-0.15, -0.1) is 0 Å². The van der Waals surface area contributed by atoms with Gasteiger partial charge < -0.3 is 5.32 Å². The van der Waals surface area contributed by atoms with Crippen LogP contribution in [-0.4, -0.2) is 12.6 Å². The van der Waals surface area contributed by atoms with Crippen LogP contribution < -0.4 is 5.32 Å². The van der Waals surface area contributed by atoms with Crippen LogP contribution in [0.3, 0.4) is 0 Å². The van der Waals surface area contributed by atoms with Gasteiger partial charge in [0.25, 0.3) is 0 Å². The first-order valence-electron chi connectivity index (χ1n) is 5.83. The maximum absolute atomic E-state index is 12.5. The molecule has 0 aliphatic rings. The van der Waals surface area contributed by atoms with Crippen LogP contribution in [0, 0.1) is 0 Å². The fourth-order valence-electron chi connectivity index (χ4n) is 1.74. The standard InChI is InChI=1S/C13H18F3N/c1-3-17-10(2)7-8-11-5-4-6-12(9-11)13(14,15)16/h4-6,9-10,17H,3,7-8H2,1-2H3. The zero-order valence-corrected chi connectivity index (χ0v) is 10.1. The third kappa shape index (κ3) is 4.77. The van der Waals surface area contributed by atoms with Gasteiger partial charge in [0.15, 0.2) is 0 Å². The van der Waals surface area contributed by atoms with Crippen molar-refractivity contribution in [2.45, 2.75) is 38.9 Å². The Morgan fingerprint density at radius 1 is 1.29 bits per heavy atom. The van der Waals surface area contributed by atoms with Gasteiger partial charge >= 0.3 is 6.18 Å². The molecule has 0 spiro atoms. The summed E-state index contributed by atoms with van der Waals surface area (Å²) in [4.78, 5) is 0. The van der Waals surface area contributed by atoms with Gasteiger partial charge in [-0.2, -0.15) is 13.2 Å². The molecule has 0 aliphatic heterocycles. The number of hydrogen-bond donors (Lipinski definition) is 1. The van der Waals surface area contributed by atoms with Crippen LogP contribution in [-0.2, 0) is 12.6 Å². The highest BCUT2D eigenvalue weighted by molar-refractivity contribution is 5.25. The highest BCUT2D eigenvalue weighted by atomic mass is 19.4. The van der Waals surface area contributed by atoms with Gasteiger partial charge in [-0.3, -0.25) is 0 Å². The molecule has 1 rings (SSSR count). The van der Waals surface area contributed by atoms with E-state index >= 15 is 0 Å². The van der Waals surface area contributed by atoms with E-state index in [-0.39, 0.29) is 0 Å². The van der Waals surface area contributed by atoms with Crippen LogP contribution in [0.5, 0.6) is 0 Å². The quantitative estimate of drug-likeness (QED) is 0.835. The molecule has 0 saturated heterocycles.